The van der Waals surface area contributed by atoms with Crippen molar-refractivity contribution < 1.29 is 14.0 Å². The van der Waals surface area contributed by atoms with E-state index < -0.39 is 0 Å². The summed E-state index contributed by atoms with van der Waals surface area (Å²) in [6, 6.07) is 1.64. The Morgan fingerprint density at radius 1 is 1.44 bits per heavy atom. The highest BCUT2D eigenvalue weighted by atomic mass is 32.1. The average molecular weight is 386 g/mol. The van der Waals surface area contributed by atoms with Crippen molar-refractivity contribution >= 4 is 28.3 Å². The Morgan fingerprint density at radius 2 is 2.33 bits per heavy atom. The maximum Gasteiger partial charge on any atom is 0.272 e. The van der Waals surface area contributed by atoms with Crippen LogP contribution < -0.4 is 11.1 Å². The fraction of sp³-hybridized carbons (Fsp3) is 0.294. The minimum Gasteiger partial charge on any atom is -0.472 e. The largest absolute Gasteiger partial charge is 0.472 e. The molecule has 0 spiro atoms. The lowest BCUT2D eigenvalue weighted by Gasteiger charge is -2.26. The number of carbonyl (C=O) groups excluding carboxylic acids is 2. The number of hydrogen-bond acceptors (Lipinski definition) is 7. The smallest absolute Gasteiger partial charge is 0.272 e. The lowest BCUT2D eigenvalue weighted by atomic mass is 10.0. The number of aromatic nitrogens is 3. The molecule has 4 rings (SSSR count). The molecule has 0 fully saturated rings. The van der Waals surface area contributed by atoms with E-state index in [1.807, 2.05) is 5.38 Å². The normalized spacial score (nSPS) is 13.4. The Hall–Kier alpha value is -3.14. The maximum absolute atomic E-state index is 12.4. The van der Waals surface area contributed by atoms with Crippen LogP contribution in [0.5, 0.6) is 0 Å². The Morgan fingerprint density at radius 3 is 3.07 bits per heavy atom. The second-order valence-corrected chi connectivity index (χ2v) is 7.09. The highest BCUT2D eigenvalue weighted by Gasteiger charge is 2.28. The predicted octanol–water partition coefficient (Wildman–Crippen LogP) is 1.21. The number of nitrogens with one attached hydrogen (secondary N) is 2. The fourth-order valence-electron chi connectivity index (χ4n) is 3.07. The summed E-state index contributed by atoms with van der Waals surface area (Å²) in [5, 5.41) is 12.3. The summed E-state index contributed by atoms with van der Waals surface area (Å²) in [4.78, 5) is 30.7. The minimum absolute atomic E-state index is 0.0995. The van der Waals surface area contributed by atoms with Gasteiger partial charge in [-0.05, 0) is 12.5 Å². The standard InChI is InChI=1S/C17H18N6O3S/c18-17-20-11(9-27-17)1-4-19-15(24)14-12-2-5-23(7-13(12)21-22-14)16(25)10-3-6-26-8-10/h3,6,8-9H,1-2,4-5,7H2,(H2,18,20)(H,19,24)(H,21,22). The zero-order valence-corrected chi connectivity index (χ0v) is 15.2. The number of nitrogen functional groups attached to an aromatic ring is 1. The number of H-pyrrole nitrogens is 1. The van der Waals surface area contributed by atoms with Gasteiger partial charge in [-0.3, -0.25) is 14.7 Å². The molecule has 0 aromatic carbocycles. The Kier molecular flexibility index (Phi) is 4.63. The molecular formula is C17H18N6O3S. The number of furan rings is 1. The summed E-state index contributed by atoms with van der Waals surface area (Å²) < 4.78 is 4.97. The highest BCUT2D eigenvalue weighted by molar-refractivity contribution is 7.13. The molecule has 0 saturated carbocycles. The number of hydrogen-bond donors (Lipinski definition) is 3. The van der Waals surface area contributed by atoms with Crippen molar-refractivity contribution in [3.63, 3.8) is 0 Å². The first kappa shape index (κ1) is 17.3. The fourth-order valence-corrected chi connectivity index (χ4v) is 3.67. The van der Waals surface area contributed by atoms with Gasteiger partial charge in [0.2, 0.25) is 0 Å². The van der Waals surface area contributed by atoms with Gasteiger partial charge in [0.05, 0.1) is 29.8 Å². The highest BCUT2D eigenvalue weighted by Crippen LogP contribution is 2.22. The zero-order valence-electron chi connectivity index (χ0n) is 14.4. The van der Waals surface area contributed by atoms with Crippen molar-refractivity contribution in [3.8, 4) is 0 Å². The molecule has 0 saturated heterocycles. The summed E-state index contributed by atoms with van der Waals surface area (Å²) >= 11 is 1.38. The molecular weight excluding hydrogens is 368 g/mol. The van der Waals surface area contributed by atoms with Gasteiger partial charge < -0.3 is 20.4 Å². The summed E-state index contributed by atoms with van der Waals surface area (Å²) in [5.74, 6) is -0.331. The first-order valence-corrected chi connectivity index (χ1v) is 9.35. The van der Waals surface area contributed by atoms with Crippen LogP contribution in [0.2, 0.25) is 0 Å². The summed E-state index contributed by atoms with van der Waals surface area (Å²) in [7, 11) is 0. The zero-order chi connectivity index (χ0) is 18.8. The van der Waals surface area contributed by atoms with Gasteiger partial charge in [0.25, 0.3) is 11.8 Å². The molecule has 0 bridgehead atoms. The van der Waals surface area contributed by atoms with E-state index in [-0.39, 0.29) is 11.8 Å². The Bertz CT molecular complexity index is 961. The summed E-state index contributed by atoms with van der Waals surface area (Å²) in [6.07, 6.45) is 4.08. The number of aromatic amines is 1. The molecule has 4 heterocycles. The first-order valence-electron chi connectivity index (χ1n) is 8.47. The van der Waals surface area contributed by atoms with Crippen LogP contribution >= 0.6 is 11.3 Å². The van der Waals surface area contributed by atoms with E-state index in [1.54, 1.807) is 11.0 Å². The molecule has 140 valence electrons. The maximum atomic E-state index is 12.4. The molecule has 1 aliphatic heterocycles. The molecule has 0 unspecified atom stereocenters. The SMILES string of the molecule is Nc1nc(CCNC(=O)c2n[nH]c3c2CCN(C(=O)c2ccoc2)C3)cs1. The predicted molar refractivity (Wildman–Crippen MR) is 98.3 cm³/mol. The van der Waals surface area contributed by atoms with Crippen molar-refractivity contribution in [1.82, 2.24) is 25.4 Å². The van der Waals surface area contributed by atoms with Gasteiger partial charge >= 0.3 is 0 Å². The van der Waals surface area contributed by atoms with Crippen molar-refractivity contribution in [2.45, 2.75) is 19.4 Å². The Balaban J connectivity index is 1.37. The molecule has 4 N–H and O–H groups in total. The van der Waals surface area contributed by atoms with Crippen LogP contribution in [0.1, 0.15) is 37.8 Å². The molecule has 0 atom stereocenters. The third-order valence-corrected chi connectivity index (χ3v) is 5.16. The van der Waals surface area contributed by atoms with Crippen LogP contribution in [-0.4, -0.2) is 45.0 Å². The molecule has 2 amide bonds. The van der Waals surface area contributed by atoms with Gasteiger partial charge in [0.15, 0.2) is 10.8 Å². The molecule has 27 heavy (non-hydrogen) atoms. The molecule has 3 aromatic heterocycles. The molecule has 1 aliphatic rings. The van der Waals surface area contributed by atoms with E-state index in [0.29, 0.717) is 48.9 Å². The summed E-state index contributed by atoms with van der Waals surface area (Å²) in [6.45, 7) is 1.36. The van der Waals surface area contributed by atoms with E-state index in [4.69, 9.17) is 10.2 Å². The molecule has 10 heteroatoms. The average Bonchev–Trinajstić information content (AvgIpc) is 3.41. The van der Waals surface area contributed by atoms with Crippen LogP contribution in [0, 0.1) is 0 Å². The van der Waals surface area contributed by atoms with Gasteiger partial charge in [0.1, 0.15) is 6.26 Å². The summed E-state index contributed by atoms with van der Waals surface area (Å²) in [5.41, 5.74) is 9.01. The van der Waals surface area contributed by atoms with Crippen LogP contribution in [-0.2, 0) is 19.4 Å². The van der Waals surface area contributed by atoms with Crippen LogP contribution in [0.3, 0.4) is 0 Å². The number of nitrogens with zero attached hydrogens (tertiary/aromatic N) is 3. The van der Waals surface area contributed by atoms with Gasteiger partial charge in [-0.2, -0.15) is 5.10 Å². The number of nitrogens with two attached hydrogens (primary N) is 1. The third-order valence-electron chi connectivity index (χ3n) is 4.44. The number of amides is 2. The topological polar surface area (TPSA) is 130 Å². The van der Waals surface area contributed by atoms with E-state index in [2.05, 4.69) is 20.5 Å². The van der Waals surface area contributed by atoms with E-state index in [9.17, 15) is 9.59 Å². The minimum atomic E-state index is -0.231. The Labute approximate surface area is 158 Å². The van der Waals surface area contributed by atoms with E-state index in [0.717, 1.165) is 17.0 Å². The van der Waals surface area contributed by atoms with Crippen LogP contribution in [0.4, 0.5) is 5.13 Å². The molecule has 3 aromatic rings. The number of rotatable bonds is 5. The lowest BCUT2D eigenvalue weighted by molar-refractivity contribution is 0.0731. The van der Waals surface area contributed by atoms with Crippen LogP contribution in [0.25, 0.3) is 0 Å². The number of fused-ring (bicyclic) bond motifs is 1. The molecule has 0 radical (unpaired) electrons. The number of anilines is 1. The van der Waals surface area contributed by atoms with Gasteiger partial charge in [-0.1, -0.05) is 0 Å². The molecule has 9 nitrogen and oxygen atoms in total. The monoisotopic (exact) mass is 386 g/mol. The van der Waals surface area contributed by atoms with E-state index in [1.165, 1.54) is 23.9 Å². The van der Waals surface area contributed by atoms with Crippen molar-refractivity contribution in [2.75, 3.05) is 18.8 Å². The number of carbonyl (C=O) groups is 2. The molecule has 0 aliphatic carbocycles. The second kappa shape index (κ2) is 7.23. The second-order valence-electron chi connectivity index (χ2n) is 6.20. The van der Waals surface area contributed by atoms with Crippen molar-refractivity contribution in [2.24, 2.45) is 0 Å². The van der Waals surface area contributed by atoms with E-state index >= 15 is 0 Å². The first-order chi connectivity index (χ1) is 13.1. The third kappa shape index (κ3) is 3.56. The quantitative estimate of drug-likeness (QED) is 0.604. The van der Waals surface area contributed by atoms with Gasteiger partial charge in [-0.25, -0.2) is 4.98 Å². The van der Waals surface area contributed by atoms with Crippen molar-refractivity contribution in [1.29, 1.82) is 0 Å². The number of thiazole rings is 1. The van der Waals surface area contributed by atoms with Gasteiger partial charge in [0, 0.05) is 30.5 Å². The van der Waals surface area contributed by atoms with Crippen LogP contribution in [0.15, 0.2) is 28.4 Å². The lowest BCUT2D eigenvalue weighted by Crippen LogP contribution is -2.36. The van der Waals surface area contributed by atoms with Gasteiger partial charge in [-0.15, -0.1) is 11.3 Å². The van der Waals surface area contributed by atoms with Crippen molar-refractivity contribution in [3.05, 3.63) is 52.2 Å².